The first-order chi connectivity index (χ1) is 17.5. The van der Waals surface area contributed by atoms with Gasteiger partial charge in [0.05, 0.1) is 34.3 Å². The SMILES string of the molecule is O=C1c2ccc(Oc3cccc(N4C(=O)[C@@H]5[C@H](C4=O)[C@H]4C=C[C@@H]5C4)c3)cc2C(=O)N1c1ccccc1. The third kappa shape index (κ3) is 2.86. The van der Waals surface area contributed by atoms with E-state index in [1.165, 1.54) is 4.90 Å². The molecule has 7 heteroatoms. The number of amides is 4. The number of ether oxygens (including phenoxy) is 1. The summed E-state index contributed by atoms with van der Waals surface area (Å²) in [6.07, 6.45) is 5.02. The van der Waals surface area contributed by atoms with Crippen molar-refractivity contribution in [2.24, 2.45) is 23.7 Å². The largest absolute Gasteiger partial charge is 0.457 e. The number of nitrogens with zero attached hydrogens (tertiary/aromatic N) is 2. The second-order valence-electron chi connectivity index (χ2n) is 9.60. The van der Waals surface area contributed by atoms with Crippen molar-refractivity contribution < 1.29 is 23.9 Å². The van der Waals surface area contributed by atoms with Gasteiger partial charge < -0.3 is 4.74 Å². The zero-order valence-corrected chi connectivity index (χ0v) is 19.0. The van der Waals surface area contributed by atoms with Crippen molar-refractivity contribution in [3.8, 4) is 11.5 Å². The summed E-state index contributed by atoms with van der Waals surface area (Å²) in [4.78, 5) is 54.6. The lowest BCUT2D eigenvalue weighted by molar-refractivity contribution is -0.123. The number of anilines is 2. The Labute approximate surface area is 206 Å². The lowest BCUT2D eigenvalue weighted by atomic mass is 9.85. The number of imide groups is 2. The van der Waals surface area contributed by atoms with Crippen LogP contribution in [0.1, 0.15) is 27.1 Å². The Kier molecular flexibility index (Phi) is 4.33. The number of benzene rings is 3. The highest BCUT2D eigenvalue weighted by molar-refractivity contribution is 6.34. The number of rotatable bonds is 4. The highest BCUT2D eigenvalue weighted by atomic mass is 16.5. The van der Waals surface area contributed by atoms with Crippen LogP contribution < -0.4 is 14.5 Å². The number of hydrogen-bond donors (Lipinski definition) is 0. The molecule has 4 aliphatic rings. The molecule has 36 heavy (non-hydrogen) atoms. The van der Waals surface area contributed by atoms with Crippen molar-refractivity contribution in [2.75, 3.05) is 9.80 Å². The molecule has 2 bridgehead atoms. The van der Waals surface area contributed by atoms with Crippen molar-refractivity contribution in [1.82, 2.24) is 0 Å². The monoisotopic (exact) mass is 476 g/mol. The molecule has 2 aliphatic heterocycles. The number of para-hydroxylation sites is 1. The molecule has 3 aromatic carbocycles. The minimum Gasteiger partial charge on any atom is -0.457 e. The average Bonchev–Trinajstić information content (AvgIpc) is 3.63. The zero-order chi connectivity index (χ0) is 24.6. The zero-order valence-electron chi connectivity index (χ0n) is 19.0. The van der Waals surface area contributed by atoms with E-state index >= 15 is 0 Å². The van der Waals surface area contributed by atoms with Crippen LogP contribution in [-0.4, -0.2) is 23.6 Å². The van der Waals surface area contributed by atoms with Gasteiger partial charge >= 0.3 is 0 Å². The summed E-state index contributed by atoms with van der Waals surface area (Å²) < 4.78 is 6.00. The fourth-order valence-corrected chi connectivity index (χ4v) is 6.07. The quantitative estimate of drug-likeness (QED) is 0.406. The molecule has 0 unspecified atom stereocenters. The number of carbonyl (C=O) groups excluding carboxylic acids is 4. The Hall–Kier alpha value is -4.52. The molecule has 0 radical (unpaired) electrons. The van der Waals surface area contributed by atoms with Gasteiger partial charge in [-0.1, -0.05) is 36.4 Å². The van der Waals surface area contributed by atoms with E-state index in [0.717, 1.165) is 11.3 Å². The summed E-state index contributed by atoms with van der Waals surface area (Å²) in [5.74, 6) is -0.564. The molecule has 7 rings (SSSR count). The lowest BCUT2D eigenvalue weighted by Gasteiger charge is -2.18. The predicted molar refractivity (Wildman–Crippen MR) is 131 cm³/mol. The second-order valence-corrected chi connectivity index (χ2v) is 9.60. The molecule has 0 N–H and O–H groups in total. The van der Waals surface area contributed by atoms with Crippen LogP contribution in [0.15, 0.2) is 84.9 Å². The van der Waals surface area contributed by atoms with Gasteiger partial charge in [0, 0.05) is 6.07 Å². The maximum absolute atomic E-state index is 13.2. The molecule has 1 saturated heterocycles. The van der Waals surface area contributed by atoms with Gasteiger partial charge in [-0.05, 0) is 60.7 Å². The minimum absolute atomic E-state index is 0.142. The molecular weight excluding hydrogens is 456 g/mol. The van der Waals surface area contributed by atoms with Gasteiger partial charge in [0.1, 0.15) is 11.5 Å². The Morgan fingerprint density at radius 3 is 1.97 bits per heavy atom. The van der Waals surface area contributed by atoms with Crippen LogP contribution in [0.3, 0.4) is 0 Å². The Morgan fingerprint density at radius 2 is 1.25 bits per heavy atom. The maximum atomic E-state index is 13.2. The molecular formula is C29H20N2O5. The van der Waals surface area contributed by atoms with E-state index in [-0.39, 0.29) is 47.0 Å². The van der Waals surface area contributed by atoms with Crippen LogP contribution in [0.4, 0.5) is 11.4 Å². The van der Waals surface area contributed by atoms with Gasteiger partial charge in [-0.15, -0.1) is 0 Å². The number of fused-ring (bicyclic) bond motifs is 6. The van der Waals surface area contributed by atoms with Crippen LogP contribution in [0, 0.1) is 23.7 Å². The summed E-state index contributed by atoms with van der Waals surface area (Å²) in [7, 11) is 0. The fourth-order valence-electron chi connectivity index (χ4n) is 6.07. The summed E-state index contributed by atoms with van der Waals surface area (Å²) in [5.41, 5.74) is 1.55. The average molecular weight is 476 g/mol. The highest BCUT2D eigenvalue weighted by Crippen LogP contribution is 2.53. The molecule has 2 heterocycles. The standard InChI is InChI=1S/C29H20N2O5/c32-26-22-12-11-21(15-23(22)27(33)30(26)18-5-2-1-3-6-18)36-20-8-4-7-19(14-20)31-28(34)24-16-9-10-17(13-16)25(24)29(31)35/h1-12,14-17,24-25H,13H2/t16-,17+,24+,25-. The van der Waals surface area contributed by atoms with Gasteiger partial charge in [0.25, 0.3) is 11.8 Å². The topological polar surface area (TPSA) is 84.0 Å². The molecule has 1 saturated carbocycles. The van der Waals surface area contributed by atoms with E-state index in [1.54, 1.807) is 66.7 Å². The van der Waals surface area contributed by atoms with Crippen LogP contribution in [0.2, 0.25) is 0 Å². The van der Waals surface area contributed by atoms with Gasteiger partial charge in [-0.3, -0.25) is 19.2 Å². The number of allylic oxidation sites excluding steroid dienone is 2. The van der Waals surface area contributed by atoms with Crippen LogP contribution in [0.25, 0.3) is 0 Å². The summed E-state index contributed by atoms with van der Waals surface area (Å²) >= 11 is 0. The molecule has 0 aromatic heterocycles. The first-order valence-electron chi connectivity index (χ1n) is 11.9. The van der Waals surface area contributed by atoms with Crippen molar-refractivity contribution in [2.45, 2.75) is 6.42 Å². The van der Waals surface area contributed by atoms with Crippen LogP contribution in [0.5, 0.6) is 11.5 Å². The van der Waals surface area contributed by atoms with Gasteiger partial charge in [0.15, 0.2) is 0 Å². The smallest absolute Gasteiger partial charge is 0.266 e. The van der Waals surface area contributed by atoms with Crippen molar-refractivity contribution in [1.29, 1.82) is 0 Å². The van der Waals surface area contributed by atoms with Crippen molar-refractivity contribution in [3.63, 3.8) is 0 Å². The molecule has 2 fully saturated rings. The minimum atomic E-state index is -0.413. The van der Waals surface area contributed by atoms with Crippen molar-refractivity contribution in [3.05, 3.63) is 96.1 Å². The molecule has 4 amide bonds. The molecule has 4 atom stereocenters. The number of hydrogen-bond acceptors (Lipinski definition) is 5. The van der Waals surface area contributed by atoms with E-state index in [0.29, 0.717) is 28.4 Å². The third-order valence-electron chi connectivity index (χ3n) is 7.65. The fraction of sp³-hybridized carbons (Fsp3) is 0.172. The molecule has 2 aliphatic carbocycles. The first-order valence-corrected chi connectivity index (χ1v) is 11.9. The van der Waals surface area contributed by atoms with E-state index in [9.17, 15) is 19.2 Å². The van der Waals surface area contributed by atoms with Gasteiger partial charge in [0.2, 0.25) is 11.8 Å². The summed E-state index contributed by atoms with van der Waals surface area (Å²) in [6, 6.07) is 20.4. The highest BCUT2D eigenvalue weighted by Gasteiger charge is 2.59. The second kappa shape index (κ2) is 7.49. The van der Waals surface area contributed by atoms with Crippen molar-refractivity contribution >= 4 is 35.0 Å². The van der Waals surface area contributed by atoms with Gasteiger partial charge in [-0.2, -0.15) is 0 Å². The van der Waals surface area contributed by atoms with E-state index in [2.05, 4.69) is 12.2 Å². The number of carbonyl (C=O) groups is 4. The van der Waals surface area contributed by atoms with Gasteiger partial charge in [-0.25, -0.2) is 9.80 Å². The molecule has 3 aromatic rings. The summed E-state index contributed by atoms with van der Waals surface area (Å²) in [5, 5.41) is 0. The van der Waals surface area contributed by atoms with Crippen LogP contribution >= 0.6 is 0 Å². The molecule has 176 valence electrons. The third-order valence-corrected chi connectivity index (χ3v) is 7.65. The van der Waals surface area contributed by atoms with E-state index in [4.69, 9.17) is 4.74 Å². The summed E-state index contributed by atoms with van der Waals surface area (Å²) in [6.45, 7) is 0. The normalized spacial score (nSPS) is 25.7. The van der Waals surface area contributed by atoms with E-state index < -0.39 is 5.91 Å². The predicted octanol–water partition coefficient (Wildman–Crippen LogP) is 4.59. The Bertz CT molecular complexity index is 1480. The molecule has 0 spiro atoms. The maximum Gasteiger partial charge on any atom is 0.266 e. The lowest BCUT2D eigenvalue weighted by Crippen LogP contribution is -2.32. The Morgan fingerprint density at radius 1 is 0.611 bits per heavy atom. The molecule has 7 nitrogen and oxygen atoms in total. The Balaban J connectivity index is 1.15. The first kappa shape index (κ1) is 20.8. The van der Waals surface area contributed by atoms with E-state index in [1.807, 2.05) is 6.07 Å². The van der Waals surface area contributed by atoms with Crippen LogP contribution in [-0.2, 0) is 9.59 Å².